The minimum Gasteiger partial charge on any atom is -0.474 e. The molecule has 2 N–H and O–H groups in total. The molecule has 0 saturated heterocycles. The molecule has 0 atom stereocenters. The highest BCUT2D eigenvalue weighted by Crippen LogP contribution is 1.80. The maximum atomic E-state index is 10.3. The first-order valence-electron chi connectivity index (χ1n) is 2.69. The lowest BCUT2D eigenvalue weighted by molar-refractivity contribution is -0.150. The Morgan fingerprint density at radius 2 is 2.10 bits per heavy atom. The summed E-state index contributed by atoms with van der Waals surface area (Å²) in [6.07, 6.45) is 0. The summed E-state index contributed by atoms with van der Waals surface area (Å²) in [5.74, 6) is -2.47. The quantitative estimate of drug-likeness (QED) is 0.414. The summed E-state index contributed by atoms with van der Waals surface area (Å²) in [4.78, 5) is 20.2. The molecule has 0 aromatic rings. The van der Waals surface area contributed by atoms with Crippen molar-refractivity contribution in [1.29, 1.82) is 0 Å². The normalized spacial score (nSPS) is 8.50. The summed E-state index contributed by atoms with van der Waals surface area (Å²) < 4.78 is 0. The van der Waals surface area contributed by atoms with Gasteiger partial charge in [0.25, 0.3) is 0 Å². The van der Waals surface area contributed by atoms with Crippen molar-refractivity contribution in [3.8, 4) is 0 Å². The van der Waals surface area contributed by atoms with Gasteiger partial charge in [-0.2, -0.15) is 0 Å². The second-order valence-corrected chi connectivity index (χ2v) is 1.94. The molecule has 0 unspecified atom stereocenters. The molecule has 0 fully saturated rings. The van der Waals surface area contributed by atoms with Gasteiger partial charge in [0.1, 0.15) is 0 Å². The van der Waals surface area contributed by atoms with Crippen molar-refractivity contribution in [3.63, 3.8) is 0 Å². The van der Waals surface area contributed by atoms with Gasteiger partial charge in [-0.15, -0.1) is 0 Å². The van der Waals surface area contributed by atoms with E-state index in [0.717, 1.165) is 5.57 Å². The Kier molecular flexibility index (Phi) is 3.17. The van der Waals surface area contributed by atoms with Crippen molar-refractivity contribution in [2.24, 2.45) is 0 Å². The molecular weight excluding hydrogens is 134 g/mol. The first-order valence-corrected chi connectivity index (χ1v) is 2.69. The molecule has 1 amide bonds. The molecule has 0 aliphatic heterocycles. The van der Waals surface area contributed by atoms with Crippen LogP contribution in [0.15, 0.2) is 12.2 Å². The van der Waals surface area contributed by atoms with Gasteiger partial charge in [0.15, 0.2) is 0 Å². The predicted molar refractivity (Wildman–Crippen MR) is 35.5 cm³/mol. The van der Waals surface area contributed by atoms with E-state index in [0.29, 0.717) is 0 Å². The Bertz CT molecular complexity index is 174. The van der Waals surface area contributed by atoms with Gasteiger partial charge in [0.2, 0.25) is 0 Å². The molecule has 4 heteroatoms. The standard InChI is InChI=1S/C6H9NO3/c1-4(2)3-7-5(8)6(9)10/h1,3H2,2H3,(H,7,8)(H,9,10). The van der Waals surface area contributed by atoms with Gasteiger partial charge in [0, 0.05) is 6.54 Å². The minimum absolute atomic E-state index is 0.213. The zero-order valence-electron chi connectivity index (χ0n) is 5.68. The smallest absolute Gasteiger partial charge is 0.394 e. The number of carboxylic acid groups (broad SMARTS) is 1. The summed E-state index contributed by atoms with van der Waals surface area (Å²) >= 11 is 0. The van der Waals surface area contributed by atoms with E-state index < -0.39 is 11.9 Å². The van der Waals surface area contributed by atoms with Gasteiger partial charge in [-0.25, -0.2) is 4.79 Å². The average Bonchev–Trinajstić information content (AvgIpc) is 1.82. The van der Waals surface area contributed by atoms with Crippen molar-refractivity contribution in [2.75, 3.05) is 6.54 Å². The van der Waals surface area contributed by atoms with Crippen LogP contribution in [0.1, 0.15) is 6.92 Å². The highest BCUT2D eigenvalue weighted by atomic mass is 16.4. The van der Waals surface area contributed by atoms with E-state index in [1.807, 2.05) is 0 Å². The molecule has 0 spiro atoms. The van der Waals surface area contributed by atoms with E-state index in [-0.39, 0.29) is 6.54 Å². The number of carboxylic acids is 1. The van der Waals surface area contributed by atoms with Crippen LogP contribution in [-0.2, 0) is 9.59 Å². The van der Waals surface area contributed by atoms with E-state index in [4.69, 9.17) is 5.11 Å². The minimum atomic E-state index is -1.47. The Morgan fingerprint density at radius 3 is 2.40 bits per heavy atom. The Morgan fingerprint density at radius 1 is 1.60 bits per heavy atom. The molecule has 0 radical (unpaired) electrons. The van der Waals surface area contributed by atoms with E-state index >= 15 is 0 Å². The summed E-state index contributed by atoms with van der Waals surface area (Å²) in [6, 6.07) is 0. The Balaban J connectivity index is 3.60. The zero-order chi connectivity index (χ0) is 8.15. The lowest BCUT2D eigenvalue weighted by atomic mass is 10.3. The fraction of sp³-hybridized carbons (Fsp3) is 0.333. The van der Waals surface area contributed by atoms with Crippen molar-refractivity contribution in [1.82, 2.24) is 5.32 Å². The highest BCUT2D eigenvalue weighted by molar-refractivity contribution is 6.31. The molecule has 4 nitrogen and oxygen atoms in total. The molecule has 0 aliphatic carbocycles. The maximum absolute atomic E-state index is 10.3. The zero-order valence-corrected chi connectivity index (χ0v) is 5.68. The van der Waals surface area contributed by atoms with E-state index in [1.165, 1.54) is 0 Å². The van der Waals surface area contributed by atoms with E-state index in [9.17, 15) is 9.59 Å². The predicted octanol–water partition coefficient (Wildman–Crippen LogP) is -0.237. The van der Waals surface area contributed by atoms with E-state index in [1.54, 1.807) is 6.92 Å². The molecule has 0 bridgehead atoms. The number of aliphatic carboxylic acids is 1. The van der Waals surface area contributed by atoms with Crippen LogP contribution < -0.4 is 5.32 Å². The van der Waals surface area contributed by atoms with Gasteiger partial charge in [0.05, 0.1) is 0 Å². The number of carbonyl (C=O) groups is 2. The number of hydrogen-bond acceptors (Lipinski definition) is 2. The third-order valence-electron chi connectivity index (χ3n) is 0.745. The van der Waals surface area contributed by atoms with Crippen LogP contribution in [0.4, 0.5) is 0 Å². The van der Waals surface area contributed by atoms with Crippen LogP contribution in [0.2, 0.25) is 0 Å². The Labute approximate surface area is 58.5 Å². The number of nitrogens with one attached hydrogen (secondary N) is 1. The van der Waals surface area contributed by atoms with Gasteiger partial charge >= 0.3 is 11.9 Å². The molecule has 0 aromatic heterocycles. The number of carbonyl (C=O) groups excluding carboxylic acids is 1. The fourth-order valence-electron chi connectivity index (χ4n) is 0.307. The molecular formula is C6H9NO3. The van der Waals surface area contributed by atoms with Crippen molar-refractivity contribution >= 4 is 11.9 Å². The second kappa shape index (κ2) is 3.66. The average molecular weight is 143 g/mol. The van der Waals surface area contributed by atoms with Crippen molar-refractivity contribution < 1.29 is 14.7 Å². The van der Waals surface area contributed by atoms with E-state index in [2.05, 4.69) is 11.9 Å². The van der Waals surface area contributed by atoms with Crippen LogP contribution in [0.25, 0.3) is 0 Å². The molecule has 0 heterocycles. The highest BCUT2D eigenvalue weighted by Gasteiger charge is 2.08. The SMILES string of the molecule is C=C(C)CNC(=O)C(=O)O. The van der Waals surface area contributed by atoms with Crippen molar-refractivity contribution in [2.45, 2.75) is 6.92 Å². The number of hydrogen-bond donors (Lipinski definition) is 2. The van der Waals surface area contributed by atoms with Crippen LogP contribution in [0.5, 0.6) is 0 Å². The molecule has 0 aromatic carbocycles. The summed E-state index contributed by atoms with van der Waals surface area (Å²) in [7, 11) is 0. The lowest BCUT2D eigenvalue weighted by Crippen LogP contribution is -2.31. The molecule has 0 aliphatic rings. The topological polar surface area (TPSA) is 66.4 Å². The first kappa shape index (κ1) is 8.68. The summed E-state index contributed by atoms with van der Waals surface area (Å²) in [5.41, 5.74) is 0.717. The van der Waals surface area contributed by atoms with Crippen LogP contribution in [0.3, 0.4) is 0 Å². The largest absolute Gasteiger partial charge is 0.474 e. The third kappa shape index (κ3) is 3.65. The molecule has 56 valence electrons. The first-order chi connectivity index (χ1) is 4.54. The van der Waals surface area contributed by atoms with Gasteiger partial charge in [-0.1, -0.05) is 12.2 Å². The van der Waals surface area contributed by atoms with Gasteiger partial charge in [-0.3, -0.25) is 4.79 Å². The van der Waals surface area contributed by atoms with Crippen LogP contribution in [-0.4, -0.2) is 23.5 Å². The summed E-state index contributed by atoms with van der Waals surface area (Å²) in [6.45, 7) is 5.39. The maximum Gasteiger partial charge on any atom is 0.394 e. The second-order valence-electron chi connectivity index (χ2n) is 1.94. The van der Waals surface area contributed by atoms with Crippen molar-refractivity contribution in [3.05, 3.63) is 12.2 Å². The third-order valence-corrected chi connectivity index (χ3v) is 0.745. The lowest BCUT2D eigenvalue weighted by Gasteiger charge is -1.98. The Hall–Kier alpha value is -1.32. The van der Waals surface area contributed by atoms with Gasteiger partial charge < -0.3 is 10.4 Å². The molecule has 10 heavy (non-hydrogen) atoms. The number of rotatable bonds is 2. The van der Waals surface area contributed by atoms with Crippen LogP contribution in [0, 0.1) is 0 Å². The fourth-order valence-corrected chi connectivity index (χ4v) is 0.307. The number of amides is 1. The molecule has 0 saturated carbocycles. The summed E-state index contributed by atoms with van der Waals surface area (Å²) in [5, 5.41) is 10.2. The van der Waals surface area contributed by atoms with Gasteiger partial charge in [-0.05, 0) is 6.92 Å². The van der Waals surface area contributed by atoms with Crippen LogP contribution >= 0.6 is 0 Å². The molecule has 0 rings (SSSR count). The monoisotopic (exact) mass is 143 g/mol.